The zero-order valence-corrected chi connectivity index (χ0v) is 21.4. The highest BCUT2D eigenvalue weighted by Crippen LogP contribution is 2.88. The van der Waals surface area contributed by atoms with Crippen LogP contribution in [0.1, 0.15) is 112 Å². The summed E-state index contributed by atoms with van der Waals surface area (Å²) >= 11 is 0. The molecule has 0 aromatic heterocycles. The van der Waals surface area contributed by atoms with Crippen molar-refractivity contribution in [2.45, 2.75) is 112 Å². The molecule has 0 amide bonds. The summed E-state index contributed by atoms with van der Waals surface area (Å²) in [6.07, 6.45) is 14.8. The molecule has 5 aliphatic rings. The van der Waals surface area contributed by atoms with Gasteiger partial charge in [-0.15, -0.1) is 0 Å². The largest absolute Gasteiger partial charge is 0.299 e. The van der Waals surface area contributed by atoms with Crippen LogP contribution in [-0.2, 0) is 4.79 Å². The van der Waals surface area contributed by atoms with Gasteiger partial charge in [0, 0.05) is 12.3 Å². The third-order valence-electron chi connectivity index (χ3n) is 13.1. The number of hydrogen-bond donors (Lipinski definition) is 0. The van der Waals surface area contributed by atoms with E-state index in [1.54, 1.807) is 0 Å². The van der Waals surface area contributed by atoms with Gasteiger partial charge in [-0.05, 0) is 122 Å². The van der Waals surface area contributed by atoms with Crippen LogP contribution < -0.4 is 0 Å². The standard InChI is InChI=1S/C30H48O/c1-19(2)20(3)8-9-21(4)23-12-14-28(7)26-11-10-24-22(5)25(31)13-15-29(24)18-30(26,29)17-16-27(23,28)6/h20-24,26H,1,8-18H2,2-7H3/t20?,21?,22?,23?,24?,26?,27-,28+,29-,30+/m1/s1. The van der Waals surface area contributed by atoms with E-state index in [1.165, 1.54) is 69.8 Å². The Morgan fingerprint density at radius 2 is 1.74 bits per heavy atom. The van der Waals surface area contributed by atoms with Gasteiger partial charge in [0.05, 0.1) is 0 Å². The second-order valence-corrected chi connectivity index (χ2v) is 13.8. The van der Waals surface area contributed by atoms with Crippen LogP contribution in [-0.4, -0.2) is 5.78 Å². The van der Waals surface area contributed by atoms with Gasteiger partial charge in [-0.2, -0.15) is 0 Å². The molecule has 2 spiro atoms. The molecule has 5 fully saturated rings. The molecule has 10 atom stereocenters. The predicted octanol–water partition coefficient (Wildman–Crippen LogP) is 8.23. The molecule has 1 nitrogen and oxygen atoms in total. The van der Waals surface area contributed by atoms with Crippen molar-refractivity contribution in [3.63, 3.8) is 0 Å². The van der Waals surface area contributed by atoms with Crippen molar-refractivity contribution in [1.82, 2.24) is 0 Å². The first-order valence-electron chi connectivity index (χ1n) is 13.7. The Morgan fingerprint density at radius 3 is 2.45 bits per heavy atom. The molecule has 0 saturated heterocycles. The Bertz CT molecular complexity index is 781. The molecule has 0 radical (unpaired) electrons. The average molecular weight is 425 g/mol. The second kappa shape index (κ2) is 6.96. The second-order valence-electron chi connectivity index (χ2n) is 13.8. The Kier molecular flexibility index (Phi) is 4.99. The highest BCUT2D eigenvalue weighted by atomic mass is 16.1. The van der Waals surface area contributed by atoms with Gasteiger partial charge in [-0.1, -0.05) is 46.8 Å². The summed E-state index contributed by atoms with van der Waals surface area (Å²) in [5, 5.41) is 0. The zero-order chi connectivity index (χ0) is 22.4. The van der Waals surface area contributed by atoms with E-state index in [0.29, 0.717) is 45.2 Å². The van der Waals surface area contributed by atoms with Crippen LogP contribution in [0.15, 0.2) is 12.2 Å². The summed E-state index contributed by atoms with van der Waals surface area (Å²) < 4.78 is 0. The monoisotopic (exact) mass is 424 g/mol. The smallest absolute Gasteiger partial charge is 0.136 e. The van der Waals surface area contributed by atoms with Gasteiger partial charge in [0.1, 0.15) is 5.78 Å². The van der Waals surface area contributed by atoms with Gasteiger partial charge in [0.2, 0.25) is 0 Å². The number of carbonyl (C=O) groups is 1. The minimum Gasteiger partial charge on any atom is -0.299 e. The molecular formula is C30H48O. The van der Waals surface area contributed by atoms with Crippen LogP contribution in [0.3, 0.4) is 0 Å². The number of hydrogen-bond acceptors (Lipinski definition) is 1. The SMILES string of the molecule is C=C(C)C(C)CCC(C)C1CC[C@@]2(C)C3CCC4C(C)C(=O)CC[C@@]45C[C@@]35CC[C@]12C. The van der Waals surface area contributed by atoms with Crippen LogP contribution >= 0.6 is 0 Å². The summed E-state index contributed by atoms with van der Waals surface area (Å²) in [6.45, 7) is 19.0. The molecule has 0 aliphatic heterocycles. The lowest BCUT2D eigenvalue weighted by Gasteiger charge is -2.61. The minimum absolute atomic E-state index is 0.335. The van der Waals surface area contributed by atoms with Gasteiger partial charge in [0.25, 0.3) is 0 Å². The lowest BCUT2D eigenvalue weighted by atomic mass is 9.43. The van der Waals surface area contributed by atoms with Crippen LogP contribution in [0, 0.1) is 57.2 Å². The predicted molar refractivity (Wildman–Crippen MR) is 130 cm³/mol. The van der Waals surface area contributed by atoms with E-state index in [-0.39, 0.29) is 0 Å². The van der Waals surface area contributed by atoms with E-state index in [0.717, 1.165) is 24.2 Å². The van der Waals surface area contributed by atoms with E-state index in [4.69, 9.17) is 0 Å². The molecule has 0 aromatic carbocycles. The maximum atomic E-state index is 12.5. The van der Waals surface area contributed by atoms with Gasteiger partial charge in [-0.3, -0.25) is 4.79 Å². The first-order chi connectivity index (χ1) is 14.5. The molecule has 174 valence electrons. The first-order valence-corrected chi connectivity index (χ1v) is 13.7. The van der Waals surface area contributed by atoms with Crippen molar-refractivity contribution in [2.24, 2.45) is 57.2 Å². The van der Waals surface area contributed by atoms with Gasteiger partial charge < -0.3 is 0 Å². The summed E-state index contributed by atoms with van der Waals surface area (Å²) in [5.74, 6) is 4.92. The van der Waals surface area contributed by atoms with E-state index in [2.05, 4.69) is 48.1 Å². The Morgan fingerprint density at radius 1 is 1.00 bits per heavy atom. The van der Waals surface area contributed by atoms with Gasteiger partial charge in [-0.25, -0.2) is 0 Å². The average Bonchev–Trinajstić information content (AvgIpc) is 3.31. The Hall–Kier alpha value is -0.590. The number of rotatable bonds is 5. The quantitative estimate of drug-likeness (QED) is 0.406. The first kappa shape index (κ1) is 22.2. The molecule has 0 heterocycles. The molecule has 0 aromatic rings. The number of fused-ring (bicyclic) bond motifs is 2. The van der Waals surface area contributed by atoms with Crippen LogP contribution in [0.25, 0.3) is 0 Å². The minimum atomic E-state index is 0.335. The van der Waals surface area contributed by atoms with Crippen molar-refractivity contribution >= 4 is 5.78 Å². The van der Waals surface area contributed by atoms with E-state index in [9.17, 15) is 4.79 Å². The van der Waals surface area contributed by atoms with Crippen molar-refractivity contribution in [3.05, 3.63) is 12.2 Å². The number of carbonyl (C=O) groups excluding carboxylic acids is 1. The Labute approximate surface area is 192 Å². The molecule has 31 heavy (non-hydrogen) atoms. The van der Waals surface area contributed by atoms with E-state index >= 15 is 0 Å². The summed E-state index contributed by atoms with van der Waals surface area (Å²) in [6, 6.07) is 0. The summed E-state index contributed by atoms with van der Waals surface area (Å²) in [7, 11) is 0. The highest BCUT2D eigenvalue weighted by Gasteiger charge is 2.81. The third kappa shape index (κ3) is 2.70. The number of ketones is 1. The van der Waals surface area contributed by atoms with Gasteiger partial charge in [0.15, 0.2) is 0 Å². The number of allylic oxidation sites excluding steroid dienone is 1. The normalized spacial score (nSPS) is 52.4. The van der Waals surface area contributed by atoms with Crippen molar-refractivity contribution in [1.29, 1.82) is 0 Å². The van der Waals surface area contributed by atoms with Crippen molar-refractivity contribution in [2.75, 3.05) is 0 Å². The fourth-order valence-electron chi connectivity index (χ4n) is 10.8. The molecule has 5 saturated carbocycles. The molecular weight excluding hydrogens is 376 g/mol. The highest BCUT2D eigenvalue weighted by molar-refractivity contribution is 5.82. The van der Waals surface area contributed by atoms with Crippen LogP contribution in [0.4, 0.5) is 0 Å². The lowest BCUT2D eigenvalue weighted by Crippen LogP contribution is -2.55. The Balaban J connectivity index is 1.38. The summed E-state index contributed by atoms with van der Waals surface area (Å²) in [5.41, 5.74) is 3.54. The van der Waals surface area contributed by atoms with Crippen molar-refractivity contribution < 1.29 is 4.79 Å². The van der Waals surface area contributed by atoms with Gasteiger partial charge >= 0.3 is 0 Å². The summed E-state index contributed by atoms with van der Waals surface area (Å²) in [4.78, 5) is 12.5. The van der Waals surface area contributed by atoms with Crippen molar-refractivity contribution in [3.8, 4) is 0 Å². The molecule has 0 bridgehead atoms. The maximum Gasteiger partial charge on any atom is 0.136 e. The van der Waals surface area contributed by atoms with Crippen LogP contribution in [0.2, 0.25) is 0 Å². The fraction of sp³-hybridized carbons (Fsp3) is 0.900. The molecule has 5 rings (SSSR count). The number of Topliss-reactive ketones (excluding diaryl/α,β-unsaturated/α-hetero) is 1. The van der Waals surface area contributed by atoms with E-state index < -0.39 is 0 Å². The molecule has 0 N–H and O–H groups in total. The molecule has 5 aliphatic carbocycles. The fourth-order valence-corrected chi connectivity index (χ4v) is 10.8. The van der Waals surface area contributed by atoms with E-state index in [1.807, 2.05) is 0 Å². The zero-order valence-electron chi connectivity index (χ0n) is 21.4. The lowest BCUT2D eigenvalue weighted by molar-refractivity contribution is -0.146. The molecule has 6 unspecified atom stereocenters. The topological polar surface area (TPSA) is 17.1 Å². The molecule has 1 heteroatoms. The third-order valence-corrected chi connectivity index (χ3v) is 13.1. The maximum absolute atomic E-state index is 12.5. The van der Waals surface area contributed by atoms with Crippen LogP contribution in [0.5, 0.6) is 0 Å².